The first-order chi connectivity index (χ1) is 10.1. The summed E-state index contributed by atoms with van der Waals surface area (Å²) in [6.07, 6.45) is 0.683. The summed E-state index contributed by atoms with van der Waals surface area (Å²) in [6.45, 7) is 4.83. The van der Waals surface area contributed by atoms with Crippen molar-refractivity contribution in [2.75, 3.05) is 19.8 Å². The molecule has 2 atom stereocenters. The second-order valence-electron chi connectivity index (χ2n) is 5.03. The van der Waals surface area contributed by atoms with Crippen molar-refractivity contribution in [2.45, 2.75) is 32.4 Å². The Kier molecular flexibility index (Phi) is 5.27. The molecule has 2 amide bonds. The van der Waals surface area contributed by atoms with Gasteiger partial charge in [-0.2, -0.15) is 0 Å². The van der Waals surface area contributed by atoms with Crippen LogP contribution in [-0.2, 0) is 0 Å². The van der Waals surface area contributed by atoms with Crippen LogP contribution in [0.4, 0.5) is 4.79 Å². The molecule has 0 radical (unpaired) electrons. The van der Waals surface area contributed by atoms with Gasteiger partial charge < -0.3 is 25.2 Å². The monoisotopic (exact) mass is 294 g/mol. The number of carbonyl (C=O) groups is 1. The maximum absolute atomic E-state index is 11.9. The summed E-state index contributed by atoms with van der Waals surface area (Å²) < 4.78 is 11.0. The lowest BCUT2D eigenvalue weighted by Gasteiger charge is -2.22. The highest BCUT2D eigenvalue weighted by molar-refractivity contribution is 5.74. The second-order valence-corrected chi connectivity index (χ2v) is 5.03. The van der Waals surface area contributed by atoms with E-state index < -0.39 is 0 Å². The van der Waals surface area contributed by atoms with Crippen LogP contribution in [0.15, 0.2) is 18.2 Å². The van der Waals surface area contributed by atoms with E-state index in [1.54, 1.807) is 0 Å². The first kappa shape index (κ1) is 15.4. The van der Waals surface area contributed by atoms with E-state index in [1.807, 2.05) is 32.0 Å². The number of aliphatic hydroxyl groups is 1. The van der Waals surface area contributed by atoms with Gasteiger partial charge in [0.1, 0.15) is 13.2 Å². The number of rotatable bonds is 5. The van der Waals surface area contributed by atoms with Gasteiger partial charge in [0.05, 0.1) is 18.7 Å². The van der Waals surface area contributed by atoms with E-state index in [2.05, 4.69) is 10.6 Å². The van der Waals surface area contributed by atoms with Crippen LogP contribution in [0, 0.1) is 0 Å². The number of aliphatic hydroxyl groups excluding tert-OH is 1. The zero-order valence-electron chi connectivity index (χ0n) is 12.4. The zero-order valence-corrected chi connectivity index (χ0v) is 12.4. The molecule has 6 heteroatoms. The number of benzene rings is 1. The summed E-state index contributed by atoms with van der Waals surface area (Å²) in [7, 11) is 0. The Morgan fingerprint density at radius 1 is 1.29 bits per heavy atom. The Morgan fingerprint density at radius 2 is 2.00 bits per heavy atom. The average Bonchev–Trinajstić information content (AvgIpc) is 2.52. The van der Waals surface area contributed by atoms with Crippen molar-refractivity contribution < 1.29 is 19.4 Å². The summed E-state index contributed by atoms with van der Waals surface area (Å²) in [5.41, 5.74) is 0.937. The molecule has 116 valence electrons. The molecule has 1 aliphatic rings. The maximum Gasteiger partial charge on any atom is 0.315 e. The summed E-state index contributed by atoms with van der Waals surface area (Å²) in [5.74, 6) is 1.43. The molecule has 0 aromatic heterocycles. The minimum absolute atomic E-state index is 0.0671. The molecule has 0 aliphatic carbocycles. The quantitative estimate of drug-likeness (QED) is 0.770. The van der Waals surface area contributed by atoms with Gasteiger partial charge in [-0.15, -0.1) is 0 Å². The highest BCUT2D eigenvalue weighted by Gasteiger charge is 2.16. The van der Waals surface area contributed by atoms with Crippen molar-refractivity contribution in [1.29, 1.82) is 0 Å². The van der Waals surface area contributed by atoms with E-state index in [0.717, 1.165) is 11.3 Å². The lowest BCUT2D eigenvalue weighted by atomic mass is 10.1. The highest BCUT2D eigenvalue weighted by atomic mass is 16.6. The Morgan fingerprint density at radius 3 is 2.67 bits per heavy atom. The SMILES string of the molecule is CCC(CO)NC(=O)NC(C)c1ccc2c(c1)OCCO2. The third-order valence-electron chi connectivity index (χ3n) is 3.46. The molecule has 0 fully saturated rings. The van der Waals surface area contributed by atoms with Crippen molar-refractivity contribution in [2.24, 2.45) is 0 Å². The van der Waals surface area contributed by atoms with E-state index in [0.29, 0.717) is 25.4 Å². The zero-order chi connectivity index (χ0) is 15.2. The van der Waals surface area contributed by atoms with Gasteiger partial charge in [0.2, 0.25) is 0 Å². The first-order valence-corrected chi connectivity index (χ1v) is 7.21. The number of carbonyl (C=O) groups excluding carboxylic acids is 1. The van der Waals surface area contributed by atoms with Crippen molar-refractivity contribution in [1.82, 2.24) is 10.6 Å². The number of fused-ring (bicyclic) bond motifs is 1. The Hall–Kier alpha value is -1.95. The van der Waals surface area contributed by atoms with Gasteiger partial charge in [-0.3, -0.25) is 0 Å². The fourth-order valence-electron chi connectivity index (χ4n) is 2.11. The predicted octanol–water partition coefficient (Wildman–Crippen LogP) is 1.59. The fraction of sp³-hybridized carbons (Fsp3) is 0.533. The molecule has 21 heavy (non-hydrogen) atoms. The molecule has 1 aliphatic heterocycles. The molecule has 1 heterocycles. The van der Waals surface area contributed by atoms with Gasteiger partial charge in [0.25, 0.3) is 0 Å². The Labute approximate surface area is 124 Å². The van der Waals surface area contributed by atoms with Crippen molar-refractivity contribution >= 4 is 6.03 Å². The average molecular weight is 294 g/mol. The second kappa shape index (κ2) is 7.17. The van der Waals surface area contributed by atoms with Gasteiger partial charge in [0.15, 0.2) is 11.5 Å². The summed E-state index contributed by atoms with van der Waals surface area (Å²) in [5, 5.41) is 14.7. The molecule has 1 aromatic carbocycles. The lowest BCUT2D eigenvalue weighted by Crippen LogP contribution is -2.44. The summed E-state index contributed by atoms with van der Waals surface area (Å²) >= 11 is 0. The van der Waals surface area contributed by atoms with Crippen molar-refractivity contribution in [3.05, 3.63) is 23.8 Å². The molecule has 6 nitrogen and oxygen atoms in total. The molecule has 3 N–H and O–H groups in total. The molecule has 0 saturated carbocycles. The number of amides is 2. The van der Waals surface area contributed by atoms with E-state index in [1.165, 1.54) is 0 Å². The van der Waals surface area contributed by atoms with Crippen LogP contribution in [0.3, 0.4) is 0 Å². The molecular formula is C15H22N2O4. The third-order valence-corrected chi connectivity index (χ3v) is 3.46. The molecular weight excluding hydrogens is 272 g/mol. The van der Waals surface area contributed by atoms with Gasteiger partial charge in [-0.25, -0.2) is 4.79 Å². The van der Waals surface area contributed by atoms with Gasteiger partial charge >= 0.3 is 6.03 Å². The van der Waals surface area contributed by atoms with E-state index in [4.69, 9.17) is 14.6 Å². The molecule has 1 aromatic rings. The third kappa shape index (κ3) is 4.01. The fourth-order valence-corrected chi connectivity index (χ4v) is 2.11. The van der Waals surface area contributed by atoms with Crippen LogP contribution in [0.1, 0.15) is 31.9 Å². The normalized spacial score (nSPS) is 16.0. The van der Waals surface area contributed by atoms with Crippen molar-refractivity contribution in [3.63, 3.8) is 0 Å². The predicted molar refractivity (Wildman–Crippen MR) is 78.7 cm³/mol. The van der Waals surface area contributed by atoms with E-state index in [-0.39, 0.29) is 24.7 Å². The molecule has 0 bridgehead atoms. The van der Waals surface area contributed by atoms with E-state index in [9.17, 15) is 4.79 Å². The van der Waals surface area contributed by atoms with Gasteiger partial charge in [-0.1, -0.05) is 13.0 Å². The molecule has 2 rings (SSSR count). The summed E-state index contributed by atoms with van der Waals surface area (Å²) in [4.78, 5) is 11.9. The minimum atomic E-state index is -0.293. The van der Waals surface area contributed by atoms with Crippen molar-refractivity contribution in [3.8, 4) is 11.5 Å². The van der Waals surface area contributed by atoms with E-state index >= 15 is 0 Å². The van der Waals surface area contributed by atoms with Gasteiger partial charge in [0, 0.05) is 0 Å². The summed E-state index contributed by atoms with van der Waals surface area (Å²) in [6, 6.07) is 4.94. The number of nitrogens with one attached hydrogen (secondary N) is 2. The van der Waals surface area contributed by atoms with Crippen LogP contribution < -0.4 is 20.1 Å². The smallest absolute Gasteiger partial charge is 0.315 e. The minimum Gasteiger partial charge on any atom is -0.486 e. The van der Waals surface area contributed by atoms with Crippen LogP contribution in [0.5, 0.6) is 11.5 Å². The standard InChI is InChI=1S/C15H22N2O4/c1-3-12(9-18)17-15(19)16-10(2)11-4-5-13-14(8-11)21-7-6-20-13/h4-5,8,10,12,18H,3,6-7,9H2,1-2H3,(H2,16,17,19). The topological polar surface area (TPSA) is 79.8 Å². The largest absolute Gasteiger partial charge is 0.486 e. The number of hydrogen-bond donors (Lipinski definition) is 3. The Balaban J connectivity index is 1.96. The maximum atomic E-state index is 11.9. The molecule has 0 spiro atoms. The van der Waals surface area contributed by atoms with Crippen LogP contribution in [-0.4, -0.2) is 37.0 Å². The van der Waals surface area contributed by atoms with Gasteiger partial charge in [-0.05, 0) is 31.0 Å². The molecule has 0 saturated heterocycles. The first-order valence-electron chi connectivity index (χ1n) is 7.21. The highest BCUT2D eigenvalue weighted by Crippen LogP contribution is 2.32. The van der Waals surface area contributed by atoms with Crippen LogP contribution >= 0.6 is 0 Å². The van der Waals surface area contributed by atoms with Crippen LogP contribution in [0.2, 0.25) is 0 Å². The number of ether oxygens (including phenoxy) is 2. The molecule has 2 unspecified atom stereocenters. The number of hydrogen-bond acceptors (Lipinski definition) is 4. The Bertz CT molecular complexity index is 489. The lowest BCUT2D eigenvalue weighted by molar-refractivity contribution is 0.171. The number of urea groups is 1. The van der Waals surface area contributed by atoms with Crippen LogP contribution in [0.25, 0.3) is 0 Å².